The van der Waals surface area contributed by atoms with Crippen LogP contribution in [-0.2, 0) is 0 Å². The van der Waals surface area contributed by atoms with Gasteiger partial charge in [-0.15, -0.1) is 0 Å². The summed E-state index contributed by atoms with van der Waals surface area (Å²) in [5.41, 5.74) is 2.40. The van der Waals surface area contributed by atoms with Gasteiger partial charge in [0.1, 0.15) is 5.69 Å². The molecule has 2 rings (SSSR count). The Kier molecular flexibility index (Phi) is 5.47. The van der Waals surface area contributed by atoms with Crippen molar-refractivity contribution in [3.63, 3.8) is 0 Å². The van der Waals surface area contributed by atoms with Gasteiger partial charge in [0.15, 0.2) is 0 Å². The number of nitrogens with one attached hydrogen (secondary N) is 1. The van der Waals surface area contributed by atoms with E-state index in [9.17, 15) is 9.59 Å². The third-order valence-corrected chi connectivity index (χ3v) is 3.69. The SMILES string of the molecule is CC(C)(C)N(NC(=O)c1ccc(Cl)cc1Cl)C(=O)c1ccccn1. The average molecular weight is 366 g/mol. The van der Waals surface area contributed by atoms with Gasteiger partial charge in [0.05, 0.1) is 16.1 Å². The van der Waals surface area contributed by atoms with Crippen molar-refractivity contribution < 1.29 is 9.59 Å². The molecule has 0 atom stereocenters. The third kappa shape index (κ3) is 4.24. The lowest BCUT2D eigenvalue weighted by atomic mass is 10.1. The molecule has 1 aromatic heterocycles. The first kappa shape index (κ1) is 18.2. The zero-order valence-electron chi connectivity index (χ0n) is 13.5. The van der Waals surface area contributed by atoms with Gasteiger partial charge in [-0.2, -0.15) is 0 Å². The van der Waals surface area contributed by atoms with Gasteiger partial charge in [0, 0.05) is 11.2 Å². The van der Waals surface area contributed by atoms with Gasteiger partial charge in [-0.3, -0.25) is 20.0 Å². The molecule has 0 saturated carbocycles. The van der Waals surface area contributed by atoms with Crippen LogP contribution in [0, 0.1) is 0 Å². The Bertz CT molecular complexity index is 758. The lowest BCUT2D eigenvalue weighted by Crippen LogP contribution is -2.56. The summed E-state index contributed by atoms with van der Waals surface area (Å²) < 4.78 is 0. The summed E-state index contributed by atoms with van der Waals surface area (Å²) in [7, 11) is 0. The monoisotopic (exact) mass is 365 g/mol. The maximum atomic E-state index is 12.7. The molecule has 24 heavy (non-hydrogen) atoms. The van der Waals surface area contributed by atoms with E-state index in [-0.39, 0.29) is 16.3 Å². The minimum Gasteiger partial charge on any atom is -0.267 e. The molecule has 126 valence electrons. The molecule has 0 spiro atoms. The van der Waals surface area contributed by atoms with Gasteiger partial charge in [-0.05, 0) is 51.1 Å². The van der Waals surface area contributed by atoms with Gasteiger partial charge < -0.3 is 0 Å². The van der Waals surface area contributed by atoms with Crippen molar-refractivity contribution in [3.8, 4) is 0 Å². The van der Waals surface area contributed by atoms with E-state index in [1.165, 1.54) is 23.3 Å². The molecule has 0 aliphatic rings. The van der Waals surface area contributed by atoms with E-state index in [1.54, 1.807) is 45.0 Å². The molecule has 1 heterocycles. The van der Waals surface area contributed by atoms with Gasteiger partial charge in [-0.1, -0.05) is 29.3 Å². The number of carbonyl (C=O) groups excluding carboxylic acids is 2. The molecule has 0 aliphatic carbocycles. The van der Waals surface area contributed by atoms with Crippen LogP contribution < -0.4 is 5.43 Å². The predicted molar refractivity (Wildman–Crippen MR) is 94.1 cm³/mol. The minimum absolute atomic E-state index is 0.208. The number of carbonyl (C=O) groups is 2. The molecule has 0 radical (unpaired) electrons. The van der Waals surface area contributed by atoms with Crippen LogP contribution in [0.4, 0.5) is 0 Å². The minimum atomic E-state index is -0.664. The molecular weight excluding hydrogens is 349 g/mol. The molecule has 7 heteroatoms. The van der Waals surface area contributed by atoms with Crippen molar-refractivity contribution in [2.75, 3.05) is 0 Å². The van der Waals surface area contributed by atoms with Crippen LogP contribution in [0.25, 0.3) is 0 Å². The van der Waals surface area contributed by atoms with E-state index in [2.05, 4.69) is 10.4 Å². The molecule has 0 bridgehead atoms. The molecule has 2 aromatic rings. The van der Waals surface area contributed by atoms with E-state index >= 15 is 0 Å². The van der Waals surface area contributed by atoms with Crippen LogP contribution in [0.15, 0.2) is 42.6 Å². The Morgan fingerprint density at radius 1 is 1.12 bits per heavy atom. The van der Waals surface area contributed by atoms with Gasteiger partial charge in [0.25, 0.3) is 11.8 Å². The maximum absolute atomic E-state index is 12.7. The second-order valence-electron chi connectivity index (χ2n) is 6.09. The topological polar surface area (TPSA) is 62.3 Å². The molecule has 0 saturated heterocycles. The number of benzene rings is 1. The molecule has 0 aliphatic heterocycles. The highest BCUT2D eigenvalue weighted by molar-refractivity contribution is 6.36. The van der Waals surface area contributed by atoms with E-state index < -0.39 is 17.4 Å². The molecule has 1 N–H and O–H groups in total. The van der Waals surface area contributed by atoms with Crippen molar-refractivity contribution in [1.29, 1.82) is 0 Å². The summed E-state index contributed by atoms with van der Waals surface area (Å²) in [6.45, 7) is 5.41. The predicted octanol–water partition coefficient (Wildman–Crippen LogP) is 3.97. The molecule has 0 fully saturated rings. The van der Waals surface area contributed by atoms with Crippen LogP contribution in [0.5, 0.6) is 0 Å². The first-order chi connectivity index (χ1) is 11.2. The normalized spacial score (nSPS) is 11.0. The summed E-state index contributed by atoms with van der Waals surface area (Å²) in [4.78, 5) is 29.2. The number of hydrogen-bond donors (Lipinski definition) is 1. The standard InChI is InChI=1S/C17H17Cl2N3O2/c1-17(2,3)22(16(24)14-6-4-5-9-20-14)21-15(23)12-8-7-11(18)10-13(12)19/h4-10H,1-3H3,(H,21,23). The van der Waals surface area contributed by atoms with Crippen LogP contribution in [-0.4, -0.2) is 27.3 Å². The summed E-state index contributed by atoms with van der Waals surface area (Å²) in [5.74, 6) is -0.919. The van der Waals surface area contributed by atoms with Crippen molar-refractivity contribution in [2.24, 2.45) is 0 Å². The van der Waals surface area contributed by atoms with Gasteiger partial charge >= 0.3 is 0 Å². The van der Waals surface area contributed by atoms with Crippen LogP contribution in [0.1, 0.15) is 41.6 Å². The average Bonchev–Trinajstić information content (AvgIpc) is 2.51. The van der Waals surface area contributed by atoms with Crippen molar-refractivity contribution >= 4 is 35.0 Å². The zero-order chi connectivity index (χ0) is 17.9. The Balaban J connectivity index is 2.30. The summed E-state index contributed by atoms with van der Waals surface area (Å²) in [6, 6.07) is 9.54. The highest BCUT2D eigenvalue weighted by Gasteiger charge is 2.30. The number of nitrogens with zero attached hydrogens (tertiary/aromatic N) is 2. The maximum Gasteiger partial charge on any atom is 0.291 e. The molecule has 5 nitrogen and oxygen atoms in total. The Morgan fingerprint density at radius 2 is 1.83 bits per heavy atom. The summed E-state index contributed by atoms with van der Waals surface area (Å²) >= 11 is 11.9. The number of amides is 2. The summed E-state index contributed by atoms with van der Waals surface area (Å²) in [6.07, 6.45) is 1.52. The Labute approximate surface area is 150 Å². The van der Waals surface area contributed by atoms with E-state index in [1.807, 2.05) is 0 Å². The fourth-order valence-corrected chi connectivity index (χ4v) is 2.46. The van der Waals surface area contributed by atoms with Crippen molar-refractivity contribution in [3.05, 3.63) is 63.9 Å². The number of hydrogen-bond acceptors (Lipinski definition) is 3. The van der Waals surface area contributed by atoms with Crippen LogP contribution >= 0.6 is 23.2 Å². The van der Waals surface area contributed by atoms with E-state index in [0.29, 0.717) is 5.02 Å². The number of rotatable bonds is 2. The molecular formula is C17H17Cl2N3O2. The number of halogens is 2. The first-order valence-electron chi connectivity index (χ1n) is 7.22. The molecule has 2 amide bonds. The van der Waals surface area contributed by atoms with Crippen LogP contribution in [0.3, 0.4) is 0 Å². The number of aromatic nitrogens is 1. The molecule has 1 aromatic carbocycles. The highest BCUT2D eigenvalue weighted by atomic mass is 35.5. The zero-order valence-corrected chi connectivity index (χ0v) is 15.0. The van der Waals surface area contributed by atoms with E-state index in [0.717, 1.165) is 0 Å². The number of hydrazine groups is 1. The Hall–Kier alpha value is -2.11. The summed E-state index contributed by atoms with van der Waals surface area (Å²) in [5, 5.41) is 1.87. The lowest BCUT2D eigenvalue weighted by Gasteiger charge is -2.35. The van der Waals surface area contributed by atoms with Crippen LogP contribution in [0.2, 0.25) is 10.0 Å². The van der Waals surface area contributed by atoms with Crippen molar-refractivity contribution in [1.82, 2.24) is 15.4 Å². The Morgan fingerprint density at radius 3 is 2.38 bits per heavy atom. The van der Waals surface area contributed by atoms with Gasteiger partial charge in [0.2, 0.25) is 0 Å². The fourth-order valence-electron chi connectivity index (χ4n) is 1.96. The van der Waals surface area contributed by atoms with Crippen molar-refractivity contribution in [2.45, 2.75) is 26.3 Å². The quantitative estimate of drug-likeness (QED) is 0.818. The fraction of sp³-hybridized carbons (Fsp3) is 0.235. The smallest absolute Gasteiger partial charge is 0.267 e. The van der Waals surface area contributed by atoms with E-state index in [4.69, 9.17) is 23.2 Å². The second kappa shape index (κ2) is 7.20. The largest absolute Gasteiger partial charge is 0.291 e. The lowest BCUT2D eigenvalue weighted by molar-refractivity contribution is 0.0354. The first-order valence-corrected chi connectivity index (χ1v) is 7.97. The number of pyridine rings is 1. The molecule has 0 unspecified atom stereocenters. The highest BCUT2D eigenvalue weighted by Crippen LogP contribution is 2.22. The third-order valence-electron chi connectivity index (χ3n) is 3.15. The second-order valence-corrected chi connectivity index (χ2v) is 6.94. The van der Waals surface area contributed by atoms with Gasteiger partial charge in [-0.25, -0.2) is 5.01 Å².